The minimum atomic E-state index is -0.726. The first-order valence-corrected chi connectivity index (χ1v) is 5.96. The van der Waals surface area contributed by atoms with Crippen molar-refractivity contribution >= 4 is 11.8 Å². The van der Waals surface area contributed by atoms with Gasteiger partial charge in [0.05, 0.1) is 17.9 Å². The Balaban J connectivity index is 2.10. The Kier molecular flexibility index (Phi) is 3.31. The number of allylic oxidation sites excluding steroid dienone is 2. The maximum atomic E-state index is 12.0. The van der Waals surface area contributed by atoms with E-state index in [0.29, 0.717) is 12.8 Å². The highest BCUT2D eigenvalue weighted by atomic mass is 16.3. The third kappa shape index (κ3) is 2.12. The van der Waals surface area contributed by atoms with Crippen molar-refractivity contribution in [1.82, 2.24) is 4.90 Å². The normalized spacial score (nSPS) is 31.6. The van der Waals surface area contributed by atoms with Crippen molar-refractivity contribution in [1.29, 1.82) is 0 Å². The summed E-state index contributed by atoms with van der Waals surface area (Å²) in [4.78, 5) is 25.3. The van der Waals surface area contributed by atoms with Gasteiger partial charge in [0.15, 0.2) is 0 Å². The smallest absolute Gasteiger partial charge is 0.233 e. The third-order valence-electron chi connectivity index (χ3n) is 3.61. The SMILES string of the molecule is CC(O)C(N)CN1C(=O)C2CC=CCC2C1=O. The fraction of sp³-hybridized carbons (Fsp3) is 0.667. The monoisotopic (exact) mass is 238 g/mol. The predicted molar refractivity (Wildman–Crippen MR) is 61.7 cm³/mol. The fourth-order valence-corrected chi connectivity index (χ4v) is 2.41. The van der Waals surface area contributed by atoms with E-state index in [4.69, 9.17) is 5.73 Å². The summed E-state index contributed by atoms with van der Waals surface area (Å²) in [7, 11) is 0. The summed E-state index contributed by atoms with van der Waals surface area (Å²) < 4.78 is 0. The number of carbonyl (C=O) groups is 2. The highest BCUT2D eigenvalue weighted by Crippen LogP contribution is 2.34. The van der Waals surface area contributed by atoms with E-state index in [9.17, 15) is 14.7 Å². The summed E-state index contributed by atoms with van der Waals surface area (Å²) in [5, 5.41) is 9.33. The van der Waals surface area contributed by atoms with Crippen molar-refractivity contribution in [2.24, 2.45) is 17.6 Å². The van der Waals surface area contributed by atoms with Crippen LogP contribution in [0.1, 0.15) is 19.8 Å². The molecule has 4 unspecified atom stereocenters. The quantitative estimate of drug-likeness (QED) is 0.520. The van der Waals surface area contributed by atoms with Crippen molar-refractivity contribution in [3.05, 3.63) is 12.2 Å². The Morgan fingerprint density at radius 2 is 1.82 bits per heavy atom. The number of likely N-dealkylation sites (tertiary alicyclic amines) is 1. The van der Waals surface area contributed by atoms with Gasteiger partial charge in [-0.05, 0) is 19.8 Å². The van der Waals surface area contributed by atoms with Crippen LogP contribution in [-0.2, 0) is 9.59 Å². The van der Waals surface area contributed by atoms with Crippen LogP contribution in [-0.4, -0.2) is 40.5 Å². The summed E-state index contributed by atoms with van der Waals surface area (Å²) in [5.41, 5.74) is 5.70. The molecule has 0 aromatic heterocycles. The first-order chi connectivity index (χ1) is 8.02. The summed E-state index contributed by atoms with van der Waals surface area (Å²) in [6, 6.07) is -0.573. The number of aliphatic hydroxyl groups is 1. The zero-order valence-electron chi connectivity index (χ0n) is 9.87. The number of rotatable bonds is 3. The van der Waals surface area contributed by atoms with Gasteiger partial charge < -0.3 is 10.8 Å². The number of imide groups is 1. The first-order valence-electron chi connectivity index (χ1n) is 5.96. The van der Waals surface area contributed by atoms with Gasteiger partial charge in [0.1, 0.15) is 0 Å². The molecule has 1 saturated heterocycles. The average molecular weight is 238 g/mol. The molecule has 5 heteroatoms. The van der Waals surface area contributed by atoms with E-state index in [1.807, 2.05) is 12.2 Å². The molecule has 1 heterocycles. The highest BCUT2D eigenvalue weighted by molar-refractivity contribution is 6.05. The first kappa shape index (κ1) is 12.3. The molecule has 17 heavy (non-hydrogen) atoms. The average Bonchev–Trinajstić information content (AvgIpc) is 2.55. The number of aliphatic hydroxyl groups excluding tert-OH is 1. The molecule has 0 aromatic rings. The lowest BCUT2D eigenvalue weighted by molar-refractivity contribution is -0.140. The second-order valence-electron chi connectivity index (χ2n) is 4.85. The van der Waals surface area contributed by atoms with Gasteiger partial charge in [-0.1, -0.05) is 12.2 Å². The predicted octanol–water partition coefficient (Wildman–Crippen LogP) is -0.354. The van der Waals surface area contributed by atoms with Crippen molar-refractivity contribution in [3.8, 4) is 0 Å². The number of hydrogen-bond acceptors (Lipinski definition) is 4. The van der Waals surface area contributed by atoms with Crippen LogP contribution in [0.4, 0.5) is 0 Å². The van der Waals surface area contributed by atoms with Gasteiger partial charge in [-0.25, -0.2) is 0 Å². The van der Waals surface area contributed by atoms with Gasteiger partial charge in [-0.15, -0.1) is 0 Å². The van der Waals surface area contributed by atoms with Crippen LogP contribution in [0.25, 0.3) is 0 Å². The summed E-state index contributed by atoms with van der Waals surface area (Å²) in [5.74, 6) is -0.705. The van der Waals surface area contributed by atoms with Crippen LogP contribution < -0.4 is 5.73 Å². The molecule has 0 aromatic carbocycles. The lowest BCUT2D eigenvalue weighted by Gasteiger charge is -2.21. The van der Waals surface area contributed by atoms with Crippen LogP contribution in [0.15, 0.2) is 12.2 Å². The van der Waals surface area contributed by atoms with Crippen molar-refractivity contribution in [2.45, 2.75) is 31.9 Å². The van der Waals surface area contributed by atoms with E-state index in [2.05, 4.69) is 0 Å². The minimum absolute atomic E-state index is 0.113. The minimum Gasteiger partial charge on any atom is -0.392 e. The summed E-state index contributed by atoms with van der Waals surface area (Å²) in [6.07, 6.45) is 4.44. The largest absolute Gasteiger partial charge is 0.392 e. The number of nitrogens with zero attached hydrogens (tertiary/aromatic N) is 1. The topological polar surface area (TPSA) is 83.6 Å². The molecule has 5 nitrogen and oxygen atoms in total. The molecule has 1 aliphatic carbocycles. The molecule has 0 saturated carbocycles. The van der Waals surface area contributed by atoms with Gasteiger partial charge in [0, 0.05) is 12.6 Å². The van der Waals surface area contributed by atoms with Crippen LogP contribution >= 0.6 is 0 Å². The molecule has 2 amide bonds. The Morgan fingerprint density at radius 1 is 1.35 bits per heavy atom. The number of fused-ring (bicyclic) bond motifs is 1. The van der Waals surface area contributed by atoms with Gasteiger partial charge in [0.25, 0.3) is 0 Å². The van der Waals surface area contributed by atoms with E-state index in [0.717, 1.165) is 0 Å². The number of hydrogen-bond donors (Lipinski definition) is 2. The van der Waals surface area contributed by atoms with Crippen LogP contribution in [0.2, 0.25) is 0 Å². The van der Waals surface area contributed by atoms with Crippen molar-refractivity contribution in [2.75, 3.05) is 6.54 Å². The Labute approximate surface area is 100 Å². The summed E-state index contributed by atoms with van der Waals surface area (Å²) in [6.45, 7) is 1.67. The van der Waals surface area contributed by atoms with Crippen LogP contribution in [0, 0.1) is 11.8 Å². The van der Waals surface area contributed by atoms with E-state index in [1.165, 1.54) is 4.90 Å². The highest BCUT2D eigenvalue weighted by Gasteiger charge is 2.47. The van der Waals surface area contributed by atoms with Gasteiger partial charge in [0.2, 0.25) is 11.8 Å². The Morgan fingerprint density at radius 3 is 2.24 bits per heavy atom. The molecule has 0 radical (unpaired) electrons. The van der Waals surface area contributed by atoms with Crippen molar-refractivity contribution < 1.29 is 14.7 Å². The molecular formula is C12H18N2O3. The number of amides is 2. The molecule has 4 atom stereocenters. The van der Waals surface area contributed by atoms with E-state index >= 15 is 0 Å². The maximum absolute atomic E-state index is 12.0. The lowest BCUT2D eigenvalue weighted by Crippen LogP contribution is -2.46. The van der Waals surface area contributed by atoms with Gasteiger partial charge in [-0.3, -0.25) is 14.5 Å². The summed E-state index contributed by atoms with van der Waals surface area (Å²) >= 11 is 0. The second kappa shape index (κ2) is 4.58. The molecule has 2 aliphatic rings. The van der Waals surface area contributed by atoms with Gasteiger partial charge in [-0.2, -0.15) is 0 Å². The molecule has 3 N–H and O–H groups in total. The number of carbonyl (C=O) groups excluding carboxylic acids is 2. The van der Waals surface area contributed by atoms with E-state index in [1.54, 1.807) is 6.92 Å². The zero-order valence-corrected chi connectivity index (χ0v) is 9.87. The molecule has 2 rings (SSSR count). The maximum Gasteiger partial charge on any atom is 0.233 e. The molecule has 1 fully saturated rings. The Bertz CT molecular complexity index is 339. The van der Waals surface area contributed by atoms with E-state index < -0.39 is 12.1 Å². The van der Waals surface area contributed by atoms with Crippen molar-refractivity contribution in [3.63, 3.8) is 0 Å². The van der Waals surface area contributed by atoms with Crippen LogP contribution in [0.5, 0.6) is 0 Å². The Hall–Kier alpha value is -1.20. The number of nitrogens with two attached hydrogens (primary N) is 1. The second-order valence-corrected chi connectivity index (χ2v) is 4.85. The van der Waals surface area contributed by atoms with Crippen LogP contribution in [0.3, 0.4) is 0 Å². The fourth-order valence-electron chi connectivity index (χ4n) is 2.41. The zero-order chi connectivity index (χ0) is 12.6. The molecule has 0 bridgehead atoms. The third-order valence-corrected chi connectivity index (χ3v) is 3.61. The molecular weight excluding hydrogens is 220 g/mol. The van der Waals surface area contributed by atoms with E-state index in [-0.39, 0.29) is 30.2 Å². The molecule has 0 spiro atoms. The standard InChI is InChI=1S/C12H18N2O3/c1-7(15)10(13)6-14-11(16)8-4-2-3-5-9(8)12(14)17/h2-3,7-10,15H,4-6,13H2,1H3. The molecule has 94 valence electrons. The lowest BCUT2D eigenvalue weighted by atomic mass is 9.85. The molecule has 1 aliphatic heterocycles. The van der Waals surface area contributed by atoms with Gasteiger partial charge >= 0.3 is 0 Å².